The van der Waals surface area contributed by atoms with Gasteiger partial charge in [0.05, 0.1) is 19.4 Å². The number of nitrogens with two attached hydrogens (primary N) is 1. The van der Waals surface area contributed by atoms with Crippen LogP contribution in [-0.2, 0) is 16.0 Å². The Morgan fingerprint density at radius 3 is 2.48 bits per heavy atom. The molecule has 25 heavy (non-hydrogen) atoms. The van der Waals surface area contributed by atoms with Crippen LogP contribution in [0.25, 0.3) is 0 Å². The molecule has 0 aromatic heterocycles. The third-order valence-corrected chi connectivity index (χ3v) is 3.65. The zero-order chi connectivity index (χ0) is 18.2. The van der Waals surface area contributed by atoms with Crippen molar-refractivity contribution in [2.75, 3.05) is 19.5 Å². The van der Waals surface area contributed by atoms with Crippen molar-refractivity contribution in [3.63, 3.8) is 0 Å². The van der Waals surface area contributed by atoms with Gasteiger partial charge in [-0.1, -0.05) is 30.3 Å². The Morgan fingerprint density at radius 1 is 1.16 bits per heavy atom. The van der Waals surface area contributed by atoms with Crippen LogP contribution in [0.15, 0.2) is 48.5 Å². The molecule has 0 heterocycles. The fourth-order valence-corrected chi connectivity index (χ4v) is 2.40. The first-order valence-corrected chi connectivity index (χ1v) is 8.00. The molecule has 0 spiro atoms. The molecular weight excluding hydrogens is 320 g/mol. The van der Waals surface area contributed by atoms with Crippen molar-refractivity contribution in [3.8, 4) is 5.75 Å². The van der Waals surface area contributed by atoms with E-state index in [1.807, 2.05) is 30.3 Å². The average Bonchev–Trinajstić information content (AvgIpc) is 2.62. The summed E-state index contributed by atoms with van der Waals surface area (Å²) < 4.78 is 10.2. The van der Waals surface area contributed by atoms with E-state index in [0.717, 1.165) is 5.56 Å². The smallest absolute Gasteiger partial charge is 0.328 e. The Kier molecular flexibility index (Phi) is 6.39. The van der Waals surface area contributed by atoms with Crippen molar-refractivity contribution >= 4 is 17.6 Å². The van der Waals surface area contributed by atoms with Gasteiger partial charge in [0.15, 0.2) is 0 Å². The van der Waals surface area contributed by atoms with Gasteiger partial charge in [0, 0.05) is 12.0 Å². The van der Waals surface area contributed by atoms with Crippen LogP contribution in [0.4, 0.5) is 5.69 Å². The molecule has 1 amide bonds. The number of anilines is 1. The highest BCUT2D eigenvalue weighted by Crippen LogP contribution is 2.22. The van der Waals surface area contributed by atoms with Crippen LogP contribution in [-0.4, -0.2) is 31.6 Å². The molecule has 1 atom stereocenters. The minimum Gasteiger partial charge on any atom is -0.495 e. The van der Waals surface area contributed by atoms with E-state index >= 15 is 0 Å². The topological polar surface area (TPSA) is 90.6 Å². The SMILES string of the molecule is CCOC(=O)C(Cc1ccccc1)NC(=O)c1ccc(OC)c(N)c1. The summed E-state index contributed by atoms with van der Waals surface area (Å²) in [4.78, 5) is 24.7. The molecule has 0 aliphatic heterocycles. The van der Waals surface area contributed by atoms with Crippen LogP contribution in [0.3, 0.4) is 0 Å². The molecule has 2 rings (SSSR count). The zero-order valence-electron chi connectivity index (χ0n) is 14.3. The lowest BCUT2D eigenvalue weighted by Crippen LogP contribution is -2.43. The highest BCUT2D eigenvalue weighted by molar-refractivity contribution is 5.97. The number of esters is 1. The summed E-state index contributed by atoms with van der Waals surface area (Å²) in [7, 11) is 1.50. The van der Waals surface area contributed by atoms with Crippen molar-refractivity contribution in [1.82, 2.24) is 5.32 Å². The van der Waals surface area contributed by atoms with Crippen molar-refractivity contribution in [2.45, 2.75) is 19.4 Å². The fraction of sp³-hybridized carbons (Fsp3) is 0.263. The number of nitrogen functional groups attached to an aromatic ring is 1. The monoisotopic (exact) mass is 342 g/mol. The van der Waals surface area contributed by atoms with Gasteiger partial charge in [0.1, 0.15) is 11.8 Å². The molecule has 0 radical (unpaired) electrons. The summed E-state index contributed by atoms with van der Waals surface area (Å²) in [5, 5.41) is 2.72. The maximum Gasteiger partial charge on any atom is 0.328 e. The van der Waals surface area contributed by atoms with E-state index in [0.29, 0.717) is 23.4 Å². The largest absolute Gasteiger partial charge is 0.495 e. The summed E-state index contributed by atoms with van der Waals surface area (Å²) in [5.41, 5.74) is 7.46. The molecule has 6 nitrogen and oxygen atoms in total. The lowest BCUT2D eigenvalue weighted by Gasteiger charge is -2.18. The Morgan fingerprint density at radius 2 is 1.88 bits per heavy atom. The van der Waals surface area contributed by atoms with E-state index < -0.39 is 17.9 Å². The number of carbonyl (C=O) groups is 2. The van der Waals surface area contributed by atoms with Gasteiger partial charge >= 0.3 is 5.97 Å². The molecule has 132 valence electrons. The number of benzene rings is 2. The minimum absolute atomic E-state index is 0.246. The van der Waals surface area contributed by atoms with Crippen molar-refractivity contribution in [1.29, 1.82) is 0 Å². The molecule has 2 aromatic carbocycles. The molecule has 6 heteroatoms. The summed E-state index contributed by atoms with van der Waals surface area (Å²) in [6.45, 7) is 1.97. The molecule has 1 unspecified atom stereocenters. The number of rotatable bonds is 7. The predicted octanol–water partition coefficient (Wildman–Crippen LogP) is 2.18. The first-order chi connectivity index (χ1) is 12.0. The second-order valence-corrected chi connectivity index (χ2v) is 5.42. The van der Waals surface area contributed by atoms with Gasteiger partial charge in [-0.25, -0.2) is 4.79 Å². The van der Waals surface area contributed by atoms with Gasteiger partial charge in [-0.2, -0.15) is 0 Å². The number of hydrogen-bond acceptors (Lipinski definition) is 5. The molecule has 2 aromatic rings. The van der Waals surface area contributed by atoms with Gasteiger partial charge in [-0.15, -0.1) is 0 Å². The Bertz CT molecular complexity index is 731. The van der Waals surface area contributed by atoms with Gasteiger partial charge in [0.25, 0.3) is 5.91 Å². The number of carbonyl (C=O) groups excluding carboxylic acids is 2. The lowest BCUT2D eigenvalue weighted by atomic mass is 10.1. The maximum absolute atomic E-state index is 12.5. The van der Waals surface area contributed by atoms with E-state index in [4.69, 9.17) is 15.2 Å². The summed E-state index contributed by atoms with van der Waals surface area (Å²) in [5.74, 6) is -0.382. The molecule has 0 aliphatic rings. The minimum atomic E-state index is -0.779. The molecular formula is C19H22N2O4. The van der Waals surface area contributed by atoms with Crippen molar-refractivity contribution < 1.29 is 19.1 Å². The predicted molar refractivity (Wildman–Crippen MR) is 95.4 cm³/mol. The summed E-state index contributed by atoms with van der Waals surface area (Å²) in [6, 6.07) is 13.4. The summed E-state index contributed by atoms with van der Waals surface area (Å²) in [6.07, 6.45) is 0.344. The van der Waals surface area contributed by atoms with Crippen LogP contribution < -0.4 is 15.8 Å². The highest BCUT2D eigenvalue weighted by Gasteiger charge is 2.23. The van der Waals surface area contributed by atoms with E-state index in [1.165, 1.54) is 13.2 Å². The number of nitrogens with one attached hydrogen (secondary N) is 1. The van der Waals surface area contributed by atoms with E-state index in [-0.39, 0.29) is 6.61 Å². The van der Waals surface area contributed by atoms with Gasteiger partial charge < -0.3 is 20.5 Å². The maximum atomic E-state index is 12.5. The fourth-order valence-electron chi connectivity index (χ4n) is 2.40. The molecule has 0 saturated carbocycles. The van der Waals surface area contributed by atoms with Gasteiger partial charge in [-0.05, 0) is 30.7 Å². The van der Waals surface area contributed by atoms with Crippen LogP contribution in [0.2, 0.25) is 0 Å². The Balaban J connectivity index is 2.16. The number of amides is 1. The first kappa shape index (κ1) is 18.3. The molecule has 0 fully saturated rings. The molecule has 0 bridgehead atoms. The number of ether oxygens (including phenoxy) is 2. The quantitative estimate of drug-likeness (QED) is 0.594. The zero-order valence-corrected chi connectivity index (χ0v) is 14.3. The first-order valence-electron chi connectivity index (χ1n) is 8.00. The molecule has 0 saturated heterocycles. The second kappa shape index (κ2) is 8.73. The lowest BCUT2D eigenvalue weighted by molar-refractivity contribution is -0.145. The van der Waals surface area contributed by atoms with Crippen LogP contribution in [0.5, 0.6) is 5.75 Å². The van der Waals surface area contributed by atoms with E-state index in [2.05, 4.69) is 5.32 Å². The summed E-state index contributed by atoms with van der Waals surface area (Å²) >= 11 is 0. The Labute approximate surface area is 146 Å². The van der Waals surface area contributed by atoms with Crippen molar-refractivity contribution in [3.05, 3.63) is 59.7 Å². The second-order valence-electron chi connectivity index (χ2n) is 5.42. The normalized spacial score (nSPS) is 11.4. The molecule has 0 aliphatic carbocycles. The third-order valence-electron chi connectivity index (χ3n) is 3.65. The van der Waals surface area contributed by atoms with Crippen LogP contribution in [0, 0.1) is 0 Å². The standard InChI is InChI=1S/C19H22N2O4/c1-3-25-19(23)16(11-13-7-5-4-6-8-13)21-18(22)14-9-10-17(24-2)15(20)12-14/h4-10,12,16H,3,11,20H2,1-2H3,(H,21,22). The molecule has 3 N–H and O–H groups in total. The Hall–Kier alpha value is -3.02. The average molecular weight is 342 g/mol. The van der Waals surface area contributed by atoms with Crippen LogP contribution in [0.1, 0.15) is 22.8 Å². The number of hydrogen-bond donors (Lipinski definition) is 2. The highest BCUT2D eigenvalue weighted by atomic mass is 16.5. The van der Waals surface area contributed by atoms with Crippen LogP contribution >= 0.6 is 0 Å². The number of methoxy groups -OCH3 is 1. The van der Waals surface area contributed by atoms with Gasteiger partial charge in [-0.3, -0.25) is 4.79 Å². The third kappa shape index (κ3) is 4.97. The van der Waals surface area contributed by atoms with E-state index in [9.17, 15) is 9.59 Å². The van der Waals surface area contributed by atoms with E-state index in [1.54, 1.807) is 19.1 Å². The van der Waals surface area contributed by atoms with Gasteiger partial charge in [0.2, 0.25) is 0 Å². The van der Waals surface area contributed by atoms with Crippen molar-refractivity contribution in [2.24, 2.45) is 0 Å².